The van der Waals surface area contributed by atoms with Gasteiger partial charge in [-0.1, -0.05) is 141 Å². The lowest BCUT2D eigenvalue weighted by atomic mass is 9.82. The highest BCUT2D eigenvalue weighted by atomic mass is 15.1. The zero-order valence-corrected chi connectivity index (χ0v) is 26.0. The zero-order chi connectivity index (χ0) is 30.8. The quantitative estimate of drug-likeness (QED) is 0.185. The number of benzene rings is 8. The van der Waals surface area contributed by atoms with Crippen molar-refractivity contribution in [3.8, 4) is 22.3 Å². The van der Waals surface area contributed by atoms with Crippen molar-refractivity contribution >= 4 is 49.4 Å². The van der Waals surface area contributed by atoms with Gasteiger partial charge in [-0.25, -0.2) is 0 Å². The van der Waals surface area contributed by atoms with Gasteiger partial charge in [0, 0.05) is 22.5 Å². The predicted molar refractivity (Wildman–Crippen MR) is 197 cm³/mol. The molecule has 1 aliphatic carbocycles. The number of rotatable bonds is 4. The Morgan fingerprint density at radius 1 is 0.348 bits per heavy atom. The van der Waals surface area contributed by atoms with Gasteiger partial charge in [0.25, 0.3) is 0 Å². The standard InChI is InChI=1S/C45H33N/c1-45(2)43-22-11-10-21-40(43)41-26-24-34(29-44(41)45)46(32-16-12-15-31(27-32)30-13-4-3-5-14-30)33-23-25-39-37-19-7-6-17-35(37)36-18-8-9-20-38(36)42(39)28-33/h3-29H,1-2H3. The third-order valence-corrected chi connectivity index (χ3v) is 10.0. The first kappa shape index (κ1) is 26.7. The highest BCUT2D eigenvalue weighted by molar-refractivity contribution is 6.25. The number of nitrogens with zero attached hydrogens (tertiary/aromatic N) is 1. The zero-order valence-electron chi connectivity index (χ0n) is 26.0. The second-order valence-corrected chi connectivity index (χ2v) is 13.0. The number of hydrogen-bond acceptors (Lipinski definition) is 1. The van der Waals surface area contributed by atoms with E-state index in [4.69, 9.17) is 0 Å². The Morgan fingerprint density at radius 3 is 1.61 bits per heavy atom. The summed E-state index contributed by atoms with van der Waals surface area (Å²) in [4.78, 5) is 2.44. The molecule has 0 fully saturated rings. The summed E-state index contributed by atoms with van der Waals surface area (Å²) in [6.45, 7) is 4.71. The van der Waals surface area contributed by atoms with Crippen LogP contribution in [0.1, 0.15) is 25.0 Å². The van der Waals surface area contributed by atoms with Gasteiger partial charge in [-0.05, 0) is 102 Å². The van der Waals surface area contributed by atoms with Crippen molar-refractivity contribution in [1.82, 2.24) is 0 Å². The van der Waals surface area contributed by atoms with Crippen LogP contribution in [0.4, 0.5) is 17.1 Å². The molecule has 0 spiro atoms. The van der Waals surface area contributed by atoms with Gasteiger partial charge < -0.3 is 4.90 Å². The normalized spacial score (nSPS) is 13.2. The molecular weight excluding hydrogens is 555 g/mol. The molecule has 46 heavy (non-hydrogen) atoms. The van der Waals surface area contributed by atoms with Gasteiger partial charge >= 0.3 is 0 Å². The van der Waals surface area contributed by atoms with Crippen LogP contribution in [0.5, 0.6) is 0 Å². The monoisotopic (exact) mass is 587 g/mol. The van der Waals surface area contributed by atoms with E-state index in [-0.39, 0.29) is 5.41 Å². The molecule has 8 aromatic carbocycles. The summed E-state index contributed by atoms with van der Waals surface area (Å²) in [5.74, 6) is 0. The van der Waals surface area contributed by atoms with Crippen LogP contribution in [0.2, 0.25) is 0 Å². The molecule has 9 rings (SSSR count). The minimum absolute atomic E-state index is 0.0853. The van der Waals surface area contributed by atoms with Crippen molar-refractivity contribution < 1.29 is 0 Å². The fourth-order valence-corrected chi connectivity index (χ4v) is 7.77. The van der Waals surface area contributed by atoms with Gasteiger partial charge in [0.2, 0.25) is 0 Å². The van der Waals surface area contributed by atoms with E-state index in [1.165, 1.54) is 65.7 Å². The van der Waals surface area contributed by atoms with Crippen LogP contribution < -0.4 is 4.90 Å². The SMILES string of the molecule is CC1(C)c2ccccc2-c2ccc(N(c3cccc(-c4ccccc4)c3)c3ccc4c5ccccc5c5ccccc5c4c3)cc21. The van der Waals surface area contributed by atoms with Gasteiger partial charge in [0.15, 0.2) is 0 Å². The molecular formula is C45H33N. The first-order valence-electron chi connectivity index (χ1n) is 16.1. The molecule has 0 N–H and O–H groups in total. The minimum Gasteiger partial charge on any atom is -0.310 e. The van der Waals surface area contributed by atoms with E-state index in [9.17, 15) is 0 Å². The van der Waals surface area contributed by atoms with Crippen molar-refractivity contribution in [3.05, 3.63) is 175 Å². The molecule has 8 aromatic rings. The van der Waals surface area contributed by atoms with Crippen molar-refractivity contribution in [2.75, 3.05) is 4.90 Å². The minimum atomic E-state index is -0.0853. The van der Waals surface area contributed by atoms with Gasteiger partial charge in [0.1, 0.15) is 0 Å². The summed E-state index contributed by atoms with van der Waals surface area (Å²) in [7, 11) is 0. The van der Waals surface area contributed by atoms with Crippen molar-refractivity contribution in [1.29, 1.82) is 0 Å². The maximum Gasteiger partial charge on any atom is 0.0468 e. The Hall–Kier alpha value is -5.66. The molecule has 0 atom stereocenters. The van der Waals surface area contributed by atoms with Crippen LogP contribution in [0.15, 0.2) is 164 Å². The van der Waals surface area contributed by atoms with Crippen LogP contribution in [0.25, 0.3) is 54.6 Å². The second-order valence-electron chi connectivity index (χ2n) is 13.0. The van der Waals surface area contributed by atoms with E-state index in [0.717, 1.165) is 17.1 Å². The average Bonchev–Trinajstić information content (AvgIpc) is 3.35. The number of anilines is 3. The molecule has 0 saturated heterocycles. The van der Waals surface area contributed by atoms with E-state index in [0.29, 0.717) is 0 Å². The van der Waals surface area contributed by atoms with Crippen LogP contribution in [-0.2, 0) is 5.41 Å². The van der Waals surface area contributed by atoms with E-state index in [2.05, 4.69) is 183 Å². The molecule has 0 saturated carbocycles. The van der Waals surface area contributed by atoms with Gasteiger partial charge in [-0.3, -0.25) is 0 Å². The van der Waals surface area contributed by atoms with Gasteiger partial charge in [-0.15, -0.1) is 0 Å². The third kappa shape index (κ3) is 4.02. The Morgan fingerprint density at radius 2 is 0.870 bits per heavy atom. The highest BCUT2D eigenvalue weighted by Crippen LogP contribution is 2.51. The summed E-state index contributed by atoms with van der Waals surface area (Å²) >= 11 is 0. The summed E-state index contributed by atoms with van der Waals surface area (Å²) in [5, 5.41) is 7.70. The summed E-state index contributed by atoms with van der Waals surface area (Å²) in [6.07, 6.45) is 0. The van der Waals surface area contributed by atoms with Crippen molar-refractivity contribution in [3.63, 3.8) is 0 Å². The molecule has 0 aliphatic heterocycles. The summed E-state index contributed by atoms with van der Waals surface area (Å²) < 4.78 is 0. The first-order valence-corrected chi connectivity index (χ1v) is 16.1. The lowest BCUT2D eigenvalue weighted by Gasteiger charge is -2.29. The van der Waals surface area contributed by atoms with Crippen LogP contribution in [-0.4, -0.2) is 0 Å². The fourth-order valence-electron chi connectivity index (χ4n) is 7.77. The molecule has 0 aromatic heterocycles. The van der Waals surface area contributed by atoms with Gasteiger partial charge in [-0.2, -0.15) is 0 Å². The van der Waals surface area contributed by atoms with Crippen molar-refractivity contribution in [2.45, 2.75) is 19.3 Å². The van der Waals surface area contributed by atoms with Crippen LogP contribution in [0, 0.1) is 0 Å². The lowest BCUT2D eigenvalue weighted by molar-refractivity contribution is 0.660. The summed E-state index contributed by atoms with van der Waals surface area (Å²) in [5.41, 5.74) is 11.2. The van der Waals surface area contributed by atoms with E-state index in [1.54, 1.807) is 0 Å². The first-order chi connectivity index (χ1) is 22.6. The largest absolute Gasteiger partial charge is 0.310 e. The molecule has 0 bridgehead atoms. The maximum atomic E-state index is 2.44. The number of fused-ring (bicyclic) bond motifs is 9. The van der Waals surface area contributed by atoms with Crippen LogP contribution >= 0.6 is 0 Å². The van der Waals surface area contributed by atoms with E-state index < -0.39 is 0 Å². The van der Waals surface area contributed by atoms with Crippen LogP contribution in [0.3, 0.4) is 0 Å². The van der Waals surface area contributed by atoms with Crippen molar-refractivity contribution in [2.24, 2.45) is 0 Å². The Kier molecular flexibility index (Phi) is 5.92. The molecule has 218 valence electrons. The molecule has 0 heterocycles. The van der Waals surface area contributed by atoms with E-state index >= 15 is 0 Å². The summed E-state index contributed by atoms with van der Waals surface area (Å²) in [6, 6.07) is 60.2. The predicted octanol–water partition coefficient (Wildman–Crippen LogP) is 12.6. The fraction of sp³-hybridized carbons (Fsp3) is 0.0667. The number of hydrogen-bond donors (Lipinski definition) is 0. The Balaban J connectivity index is 1.30. The van der Waals surface area contributed by atoms with Gasteiger partial charge in [0.05, 0.1) is 0 Å². The maximum absolute atomic E-state index is 2.44. The molecule has 1 aliphatic rings. The lowest BCUT2D eigenvalue weighted by Crippen LogP contribution is -2.16. The molecule has 1 heteroatoms. The Bertz CT molecular complexity index is 2420. The van der Waals surface area contributed by atoms with E-state index in [1.807, 2.05) is 0 Å². The Labute approximate surface area is 270 Å². The molecule has 1 nitrogen and oxygen atoms in total. The molecule has 0 amide bonds. The highest BCUT2D eigenvalue weighted by Gasteiger charge is 2.35. The topological polar surface area (TPSA) is 3.24 Å². The second kappa shape index (κ2) is 10.2. The third-order valence-electron chi connectivity index (χ3n) is 10.0. The molecule has 0 unspecified atom stereocenters. The smallest absolute Gasteiger partial charge is 0.0468 e. The average molecular weight is 588 g/mol. The molecule has 0 radical (unpaired) electrons.